The predicted octanol–water partition coefficient (Wildman–Crippen LogP) is 4.06. The van der Waals surface area contributed by atoms with Crippen LogP contribution in [0, 0.1) is 5.82 Å². The average molecular weight is 386 g/mol. The molecule has 0 bridgehead atoms. The number of hydrogen-bond acceptors (Lipinski definition) is 5. The van der Waals surface area contributed by atoms with Crippen LogP contribution in [0.4, 0.5) is 4.39 Å². The van der Waals surface area contributed by atoms with Gasteiger partial charge in [-0.25, -0.2) is 9.37 Å². The molecule has 5 nitrogen and oxygen atoms in total. The summed E-state index contributed by atoms with van der Waals surface area (Å²) in [5.74, 6) is 0.469. The van der Waals surface area contributed by atoms with Crippen molar-refractivity contribution in [3.8, 4) is 11.5 Å². The number of halogens is 1. The molecule has 1 aromatic heterocycles. The number of amides is 1. The van der Waals surface area contributed by atoms with Gasteiger partial charge in [0.15, 0.2) is 0 Å². The van der Waals surface area contributed by atoms with Gasteiger partial charge in [-0.3, -0.25) is 4.79 Å². The second-order valence-corrected chi connectivity index (χ2v) is 6.62. The van der Waals surface area contributed by atoms with E-state index >= 15 is 0 Å². The Morgan fingerprint density at radius 1 is 1.19 bits per heavy atom. The molecule has 1 amide bonds. The number of nitrogens with one attached hydrogen (secondary N) is 1. The van der Waals surface area contributed by atoms with E-state index in [-0.39, 0.29) is 24.4 Å². The van der Waals surface area contributed by atoms with Crippen molar-refractivity contribution in [1.82, 2.24) is 10.3 Å². The topological polar surface area (TPSA) is 60.5 Å². The number of carbonyl (C=O) groups excluding carboxylic acids is 1. The van der Waals surface area contributed by atoms with E-state index in [2.05, 4.69) is 10.3 Å². The van der Waals surface area contributed by atoms with Gasteiger partial charge in [-0.15, -0.1) is 11.3 Å². The summed E-state index contributed by atoms with van der Waals surface area (Å²) in [5, 5.41) is 4.78. The standard InChI is InChI=1S/C20H19FN2O3S/c1-14(10-25-17-8-6-15(21)7-9-17)23-20(24)18-4-2-3-5-19(18)26-11-16-12-27-13-22-16/h2-9,12-14H,10-11H2,1H3,(H,23,24). The van der Waals surface area contributed by atoms with Gasteiger partial charge in [0.2, 0.25) is 0 Å². The van der Waals surface area contributed by atoms with Crippen molar-refractivity contribution < 1.29 is 18.7 Å². The lowest BCUT2D eigenvalue weighted by atomic mass is 10.1. The highest BCUT2D eigenvalue weighted by Gasteiger charge is 2.15. The lowest BCUT2D eigenvalue weighted by molar-refractivity contribution is 0.0922. The molecule has 0 saturated carbocycles. The van der Waals surface area contributed by atoms with Crippen molar-refractivity contribution in [2.24, 2.45) is 0 Å². The highest BCUT2D eigenvalue weighted by molar-refractivity contribution is 7.07. The Hall–Kier alpha value is -2.93. The fourth-order valence-corrected chi connectivity index (χ4v) is 2.88. The van der Waals surface area contributed by atoms with Crippen LogP contribution in [0.25, 0.3) is 0 Å². The number of rotatable bonds is 8. The van der Waals surface area contributed by atoms with Crippen LogP contribution in [0.2, 0.25) is 0 Å². The zero-order valence-corrected chi connectivity index (χ0v) is 15.5. The molecular formula is C20H19FN2O3S. The quantitative estimate of drug-likeness (QED) is 0.634. The molecular weight excluding hydrogens is 367 g/mol. The van der Waals surface area contributed by atoms with Crippen LogP contribution in [0.3, 0.4) is 0 Å². The number of hydrogen-bond donors (Lipinski definition) is 1. The van der Waals surface area contributed by atoms with Gasteiger partial charge >= 0.3 is 0 Å². The van der Waals surface area contributed by atoms with Crippen LogP contribution in [-0.4, -0.2) is 23.5 Å². The first-order chi connectivity index (χ1) is 13.1. The summed E-state index contributed by atoms with van der Waals surface area (Å²) in [4.78, 5) is 16.7. The number of para-hydroxylation sites is 1. The van der Waals surface area contributed by atoms with Gasteiger partial charge in [-0.2, -0.15) is 0 Å². The molecule has 3 aromatic rings. The Balaban J connectivity index is 1.55. The molecule has 0 aliphatic heterocycles. The Bertz CT molecular complexity index is 869. The maximum Gasteiger partial charge on any atom is 0.255 e. The van der Waals surface area contributed by atoms with Crippen LogP contribution in [-0.2, 0) is 6.61 Å². The number of thiazole rings is 1. The third-order valence-electron chi connectivity index (χ3n) is 3.68. The first-order valence-corrected chi connectivity index (χ1v) is 9.34. The number of carbonyl (C=O) groups is 1. The molecule has 7 heteroatoms. The van der Waals surface area contributed by atoms with Gasteiger partial charge in [0.05, 0.1) is 22.8 Å². The molecule has 0 radical (unpaired) electrons. The van der Waals surface area contributed by atoms with E-state index in [1.54, 1.807) is 35.8 Å². The smallest absolute Gasteiger partial charge is 0.255 e. The van der Waals surface area contributed by atoms with Crippen molar-refractivity contribution in [3.05, 3.63) is 76.5 Å². The maximum absolute atomic E-state index is 12.9. The number of benzene rings is 2. The van der Waals surface area contributed by atoms with E-state index in [0.717, 1.165) is 5.69 Å². The number of nitrogens with zero attached hydrogens (tertiary/aromatic N) is 1. The van der Waals surface area contributed by atoms with E-state index in [1.165, 1.54) is 23.5 Å². The summed E-state index contributed by atoms with van der Waals surface area (Å²) >= 11 is 1.49. The molecule has 3 rings (SSSR count). The molecule has 140 valence electrons. The SMILES string of the molecule is CC(COc1ccc(F)cc1)NC(=O)c1ccccc1OCc1cscn1. The Labute approximate surface area is 160 Å². The van der Waals surface area contributed by atoms with Crippen LogP contribution < -0.4 is 14.8 Å². The van der Waals surface area contributed by atoms with Gasteiger partial charge in [0.1, 0.15) is 30.5 Å². The van der Waals surface area contributed by atoms with Crippen LogP contribution in [0.5, 0.6) is 11.5 Å². The molecule has 0 aliphatic rings. The summed E-state index contributed by atoms with van der Waals surface area (Å²) in [5.41, 5.74) is 3.00. The number of ether oxygens (including phenoxy) is 2. The molecule has 0 fully saturated rings. The van der Waals surface area contributed by atoms with E-state index in [1.807, 2.05) is 18.4 Å². The molecule has 1 atom stereocenters. The molecule has 27 heavy (non-hydrogen) atoms. The van der Waals surface area contributed by atoms with Crippen molar-refractivity contribution in [3.63, 3.8) is 0 Å². The molecule has 1 N–H and O–H groups in total. The van der Waals surface area contributed by atoms with Gasteiger partial charge in [0.25, 0.3) is 5.91 Å². The van der Waals surface area contributed by atoms with Gasteiger partial charge < -0.3 is 14.8 Å². The zero-order valence-electron chi connectivity index (χ0n) is 14.7. The predicted molar refractivity (Wildman–Crippen MR) is 102 cm³/mol. The lowest BCUT2D eigenvalue weighted by Crippen LogP contribution is -2.37. The summed E-state index contributed by atoms with van der Waals surface area (Å²) < 4.78 is 24.2. The molecule has 1 heterocycles. The highest BCUT2D eigenvalue weighted by atomic mass is 32.1. The van der Waals surface area contributed by atoms with Crippen LogP contribution in [0.1, 0.15) is 23.0 Å². The normalized spacial score (nSPS) is 11.6. The van der Waals surface area contributed by atoms with E-state index in [9.17, 15) is 9.18 Å². The molecule has 0 aliphatic carbocycles. The summed E-state index contributed by atoms with van der Waals surface area (Å²) in [7, 11) is 0. The molecule has 1 unspecified atom stereocenters. The van der Waals surface area contributed by atoms with E-state index < -0.39 is 0 Å². The monoisotopic (exact) mass is 386 g/mol. The van der Waals surface area contributed by atoms with Crippen molar-refractivity contribution >= 4 is 17.2 Å². The summed E-state index contributed by atoms with van der Waals surface area (Å²) in [6.45, 7) is 2.40. The highest BCUT2D eigenvalue weighted by Crippen LogP contribution is 2.19. The maximum atomic E-state index is 12.9. The third-order valence-corrected chi connectivity index (χ3v) is 4.32. The number of aromatic nitrogens is 1. The zero-order chi connectivity index (χ0) is 19.1. The fraction of sp³-hybridized carbons (Fsp3) is 0.200. The van der Waals surface area contributed by atoms with Crippen LogP contribution >= 0.6 is 11.3 Å². The van der Waals surface area contributed by atoms with E-state index in [4.69, 9.17) is 9.47 Å². The van der Waals surface area contributed by atoms with Crippen molar-refractivity contribution in [1.29, 1.82) is 0 Å². The van der Waals surface area contributed by atoms with Crippen molar-refractivity contribution in [2.45, 2.75) is 19.6 Å². The minimum absolute atomic E-state index is 0.242. The second kappa shape index (κ2) is 9.14. The minimum atomic E-state index is -0.321. The molecule has 0 saturated heterocycles. The van der Waals surface area contributed by atoms with Gasteiger partial charge in [-0.1, -0.05) is 12.1 Å². The molecule has 0 spiro atoms. The lowest BCUT2D eigenvalue weighted by Gasteiger charge is -2.16. The van der Waals surface area contributed by atoms with Crippen molar-refractivity contribution in [2.75, 3.05) is 6.61 Å². The average Bonchev–Trinajstić information content (AvgIpc) is 3.20. The Morgan fingerprint density at radius 3 is 2.70 bits per heavy atom. The largest absolute Gasteiger partial charge is 0.491 e. The van der Waals surface area contributed by atoms with E-state index in [0.29, 0.717) is 23.7 Å². The molecule has 2 aromatic carbocycles. The Kier molecular flexibility index (Phi) is 6.38. The van der Waals surface area contributed by atoms with Gasteiger partial charge in [0, 0.05) is 5.38 Å². The minimum Gasteiger partial charge on any atom is -0.491 e. The third kappa shape index (κ3) is 5.52. The summed E-state index contributed by atoms with van der Waals surface area (Å²) in [6, 6.07) is 12.6. The summed E-state index contributed by atoms with van der Waals surface area (Å²) in [6.07, 6.45) is 0. The second-order valence-electron chi connectivity index (χ2n) is 5.90. The first kappa shape index (κ1) is 18.8. The van der Waals surface area contributed by atoms with Crippen LogP contribution in [0.15, 0.2) is 59.4 Å². The first-order valence-electron chi connectivity index (χ1n) is 8.40. The van der Waals surface area contributed by atoms with Gasteiger partial charge in [-0.05, 0) is 43.3 Å². The fourth-order valence-electron chi connectivity index (χ4n) is 2.34. The Morgan fingerprint density at radius 2 is 1.96 bits per heavy atom.